The van der Waals surface area contributed by atoms with E-state index < -0.39 is 17.5 Å². The first-order valence-electron chi connectivity index (χ1n) is 4.64. The van der Waals surface area contributed by atoms with E-state index in [4.69, 9.17) is 5.21 Å². The van der Waals surface area contributed by atoms with Gasteiger partial charge in [-0.15, -0.1) is 0 Å². The van der Waals surface area contributed by atoms with Crippen LogP contribution < -0.4 is 0 Å². The number of nitrogens with zero attached hydrogens (tertiary/aromatic N) is 1. The zero-order valence-corrected chi connectivity index (χ0v) is 8.02. The van der Waals surface area contributed by atoms with Crippen molar-refractivity contribution in [2.75, 3.05) is 6.61 Å². The Balaban J connectivity index is 2.61. The maximum atomic E-state index is 11.5. The number of hydrogen-bond donors (Lipinski definition) is 1. The third-order valence-electron chi connectivity index (χ3n) is 2.28. The van der Waals surface area contributed by atoms with Crippen molar-refractivity contribution < 1.29 is 19.5 Å². The van der Waals surface area contributed by atoms with Crippen molar-refractivity contribution >= 4 is 17.5 Å². The van der Waals surface area contributed by atoms with Crippen molar-refractivity contribution in [3.63, 3.8) is 0 Å². The minimum atomic E-state index is -0.841. The van der Waals surface area contributed by atoms with Crippen molar-refractivity contribution in [1.29, 1.82) is 0 Å². The lowest BCUT2D eigenvalue weighted by Crippen LogP contribution is -2.34. The molecule has 0 heterocycles. The van der Waals surface area contributed by atoms with E-state index in [1.165, 1.54) is 0 Å². The second-order valence-corrected chi connectivity index (χ2v) is 3.16. The molecule has 14 heavy (non-hydrogen) atoms. The van der Waals surface area contributed by atoms with Crippen LogP contribution in [0, 0.1) is 5.92 Å². The molecule has 1 N–H and O–H groups in total. The fourth-order valence-corrected chi connectivity index (χ4v) is 1.25. The Kier molecular flexibility index (Phi) is 3.62. The Hall–Kier alpha value is -1.39. The van der Waals surface area contributed by atoms with Crippen molar-refractivity contribution in [1.82, 2.24) is 0 Å². The predicted molar refractivity (Wildman–Crippen MR) is 48.2 cm³/mol. The molecule has 5 heteroatoms. The second kappa shape index (κ2) is 4.74. The Morgan fingerprint density at radius 2 is 2.14 bits per heavy atom. The molecule has 0 saturated heterocycles. The van der Waals surface area contributed by atoms with Gasteiger partial charge < -0.3 is 9.94 Å². The Labute approximate surface area is 81.7 Å². The summed E-state index contributed by atoms with van der Waals surface area (Å²) in [5, 5.41) is 11.2. The number of ether oxygens (including phenoxy) is 1. The van der Waals surface area contributed by atoms with Crippen LogP contribution in [0.4, 0.5) is 0 Å². The van der Waals surface area contributed by atoms with Crippen LogP contribution in [0.3, 0.4) is 0 Å². The maximum Gasteiger partial charge on any atom is 0.364 e. The van der Waals surface area contributed by atoms with E-state index >= 15 is 0 Å². The molecule has 0 aromatic rings. The number of hydrogen-bond acceptors (Lipinski definition) is 5. The molecule has 1 saturated carbocycles. The SMILES string of the molecule is CCOC(=O)/C(=N/O)C(=O)C1CCC1. The van der Waals surface area contributed by atoms with Gasteiger partial charge in [-0.2, -0.15) is 0 Å². The van der Waals surface area contributed by atoms with Gasteiger partial charge in [0.05, 0.1) is 6.61 Å². The molecule has 78 valence electrons. The van der Waals surface area contributed by atoms with Crippen molar-refractivity contribution in [2.24, 2.45) is 11.1 Å². The van der Waals surface area contributed by atoms with E-state index in [1.54, 1.807) is 6.92 Å². The summed E-state index contributed by atoms with van der Waals surface area (Å²) >= 11 is 0. The molecule has 0 spiro atoms. The lowest BCUT2D eigenvalue weighted by Gasteiger charge is -2.23. The maximum absolute atomic E-state index is 11.5. The fraction of sp³-hybridized carbons (Fsp3) is 0.667. The largest absolute Gasteiger partial charge is 0.461 e. The van der Waals surface area contributed by atoms with E-state index in [0.717, 1.165) is 19.3 Å². The molecule has 0 aromatic heterocycles. The zero-order valence-electron chi connectivity index (χ0n) is 8.02. The van der Waals surface area contributed by atoms with Crippen LogP contribution in [0.2, 0.25) is 0 Å². The van der Waals surface area contributed by atoms with Gasteiger partial charge in [-0.3, -0.25) is 4.79 Å². The quantitative estimate of drug-likeness (QED) is 0.238. The lowest BCUT2D eigenvalue weighted by molar-refractivity contribution is -0.136. The summed E-state index contributed by atoms with van der Waals surface area (Å²) in [7, 11) is 0. The lowest BCUT2D eigenvalue weighted by atomic mass is 9.80. The number of carbonyl (C=O) groups excluding carboxylic acids is 2. The van der Waals surface area contributed by atoms with Crippen LogP contribution in [0.1, 0.15) is 26.2 Å². The van der Waals surface area contributed by atoms with Crippen LogP contribution >= 0.6 is 0 Å². The van der Waals surface area contributed by atoms with Crippen molar-refractivity contribution in [3.8, 4) is 0 Å². The van der Waals surface area contributed by atoms with E-state index in [1.807, 2.05) is 0 Å². The molecule has 1 fully saturated rings. The molecule has 1 aliphatic carbocycles. The molecule has 0 unspecified atom stereocenters. The number of Topliss-reactive ketones (excluding diaryl/α,β-unsaturated/α-hetero) is 1. The predicted octanol–water partition coefficient (Wildman–Crippen LogP) is 0.749. The van der Waals surface area contributed by atoms with Gasteiger partial charge in [0.15, 0.2) is 5.78 Å². The molecule has 0 radical (unpaired) electrons. The smallest absolute Gasteiger partial charge is 0.364 e. The minimum absolute atomic E-state index is 0.162. The van der Waals surface area contributed by atoms with E-state index in [0.29, 0.717) is 0 Å². The van der Waals surface area contributed by atoms with Gasteiger partial charge in [0.1, 0.15) is 0 Å². The first-order chi connectivity index (χ1) is 6.70. The van der Waals surface area contributed by atoms with Gasteiger partial charge in [-0.05, 0) is 19.8 Å². The third kappa shape index (κ3) is 2.10. The molecular formula is C9H13NO4. The van der Waals surface area contributed by atoms with Crippen LogP contribution in [-0.2, 0) is 14.3 Å². The number of esters is 1. The highest BCUT2D eigenvalue weighted by molar-refractivity contribution is 6.64. The molecule has 0 bridgehead atoms. The Morgan fingerprint density at radius 1 is 1.50 bits per heavy atom. The highest BCUT2D eigenvalue weighted by Crippen LogP contribution is 2.27. The average Bonchev–Trinajstić information content (AvgIpc) is 2.02. The topological polar surface area (TPSA) is 76.0 Å². The summed E-state index contributed by atoms with van der Waals surface area (Å²) in [5.74, 6) is -1.41. The van der Waals surface area contributed by atoms with Crippen LogP contribution in [-0.4, -0.2) is 29.3 Å². The first kappa shape index (κ1) is 10.7. The number of oxime groups is 1. The molecule has 0 aliphatic heterocycles. The fourth-order valence-electron chi connectivity index (χ4n) is 1.25. The summed E-state index contributed by atoms with van der Waals surface area (Å²) in [4.78, 5) is 22.6. The summed E-state index contributed by atoms with van der Waals surface area (Å²) in [6, 6.07) is 0. The van der Waals surface area contributed by atoms with E-state index in [2.05, 4.69) is 9.89 Å². The summed E-state index contributed by atoms with van der Waals surface area (Å²) in [5.41, 5.74) is -0.475. The first-order valence-corrected chi connectivity index (χ1v) is 4.64. The monoisotopic (exact) mass is 199 g/mol. The molecule has 0 amide bonds. The average molecular weight is 199 g/mol. The number of ketones is 1. The van der Waals surface area contributed by atoms with Gasteiger partial charge in [-0.1, -0.05) is 11.6 Å². The second-order valence-electron chi connectivity index (χ2n) is 3.16. The summed E-state index contributed by atoms with van der Waals surface area (Å²) in [6.45, 7) is 1.79. The Morgan fingerprint density at radius 3 is 2.50 bits per heavy atom. The van der Waals surface area contributed by atoms with Gasteiger partial charge in [-0.25, -0.2) is 4.79 Å². The molecule has 5 nitrogen and oxygen atoms in total. The number of carbonyl (C=O) groups is 2. The van der Waals surface area contributed by atoms with Gasteiger partial charge in [0.25, 0.3) is 0 Å². The van der Waals surface area contributed by atoms with Gasteiger partial charge >= 0.3 is 5.97 Å². The molecule has 1 aliphatic rings. The minimum Gasteiger partial charge on any atom is -0.461 e. The molecule has 1 rings (SSSR count). The van der Waals surface area contributed by atoms with Crippen molar-refractivity contribution in [3.05, 3.63) is 0 Å². The van der Waals surface area contributed by atoms with E-state index in [-0.39, 0.29) is 12.5 Å². The molecule has 0 aromatic carbocycles. The summed E-state index contributed by atoms with van der Waals surface area (Å²) < 4.78 is 4.58. The highest BCUT2D eigenvalue weighted by atomic mass is 16.5. The normalized spacial score (nSPS) is 17.4. The van der Waals surface area contributed by atoms with Crippen LogP contribution in [0.5, 0.6) is 0 Å². The van der Waals surface area contributed by atoms with Crippen molar-refractivity contribution in [2.45, 2.75) is 26.2 Å². The van der Waals surface area contributed by atoms with Crippen LogP contribution in [0.15, 0.2) is 5.16 Å². The molecule has 0 atom stereocenters. The highest BCUT2D eigenvalue weighted by Gasteiger charge is 2.33. The van der Waals surface area contributed by atoms with Gasteiger partial charge in [0, 0.05) is 5.92 Å². The molecular weight excluding hydrogens is 186 g/mol. The third-order valence-corrected chi connectivity index (χ3v) is 2.28. The van der Waals surface area contributed by atoms with Crippen LogP contribution in [0.25, 0.3) is 0 Å². The van der Waals surface area contributed by atoms with Gasteiger partial charge in [0.2, 0.25) is 5.71 Å². The van der Waals surface area contributed by atoms with E-state index in [9.17, 15) is 9.59 Å². The Bertz CT molecular complexity index is 268. The number of rotatable bonds is 4. The summed E-state index contributed by atoms with van der Waals surface area (Å²) in [6.07, 6.45) is 2.51. The zero-order chi connectivity index (χ0) is 10.6. The standard InChI is InChI=1S/C9H13NO4/c1-2-14-9(12)7(10-13)8(11)6-4-3-5-6/h6,13H,2-5H2,1H3/b10-7+.